The van der Waals surface area contributed by atoms with Crippen molar-refractivity contribution in [3.8, 4) is 11.8 Å². The van der Waals surface area contributed by atoms with Crippen molar-refractivity contribution >= 4 is 17.1 Å². The second-order valence-electron chi connectivity index (χ2n) is 7.98. The van der Waals surface area contributed by atoms with Crippen LogP contribution in [-0.4, -0.2) is 12.1 Å². The molecule has 0 saturated heterocycles. The van der Waals surface area contributed by atoms with Gasteiger partial charge in [0.05, 0.1) is 23.3 Å². The Morgan fingerprint density at radius 1 is 0.879 bits per heavy atom. The zero-order chi connectivity index (χ0) is 23.6. The molecule has 1 aliphatic carbocycles. The molecule has 0 atom stereocenters. The van der Waals surface area contributed by atoms with Gasteiger partial charge < -0.3 is 15.4 Å². The highest BCUT2D eigenvalue weighted by Gasteiger charge is 2.30. The van der Waals surface area contributed by atoms with Crippen molar-refractivity contribution in [1.82, 2.24) is 0 Å². The molecule has 6 nitrogen and oxygen atoms in total. The standard InChI is InChI=1S/C24H20F3N3O3/c25-24(26,27)15-3-5-16(6-4-15)29-20-21(23(32)22(20)31)30-17-7-11-19(12-8-17)33-18-9-1-14(13-28)2-10-18/h1-6,9-10,17,19,29-30H,7-8,11-12H2. The third kappa shape index (κ3) is 5.00. The summed E-state index contributed by atoms with van der Waals surface area (Å²) < 4.78 is 44.1. The maximum atomic E-state index is 12.7. The zero-order valence-corrected chi connectivity index (χ0v) is 17.4. The average Bonchev–Trinajstić information content (AvgIpc) is 2.82. The van der Waals surface area contributed by atoms with Crippen LogP contribution in [-0.2, 0) is 6.18 Å². The molecule has 0 aliphatic heterocycles. The van der Waals surface area contributed by atoms with E-state index in [1.165, 1.54) is 12.1 Å². The van der Waals surface area contributed by atoms with Gasteiger partial charge in [-0.3, -0.25) is 9.59 Å². The number of hydrogen-bond acceptors (Lipinski definition) is 6. The van der Waals surface area contributed by atoms with E-state index in [1.807, 2.05) is 0 Å². The molecular formula is C24H20F3N3O3. The predicted octanol–water partition coefficient (Wildman–Crippen LogP) is 4.72. The molecule has 1 saturated carbocycles. The molecule has 9 heteroatoms. The van der Waals surface area contributed by atoms with Crippen molar-refractivity contribution in [3.05, 3.63) is 80.1 Å². The molecule has 0 amide bonds. The number of nitriles is 1. The SMILES string of the molecule is N#Cc1ccc(OC2CCC(Nc3c(Nc4ccc(C(F)(F)F)cc4)c(=O)c3=O)CC2)cc1. The van der Waals surface area contributed by atoms with Gasteiger partial charge in [-0.2, -0.15) is 18.4 Å². The predicted molar refractivity (Wildman–Crippen MR) is 118 cm³/mol. The van der Waals surface area contributed by atoms with Crippen LogP contribution >= 0.6 is 0 Å². The first-order valence-corrected chi connectivity index (χ1v) is 10.5. The summed E-state index contributed by atoms with van der Waals surface area (Å²) in [6.45, 7) is 0. The summed E-state index contributed by atoms with van der Waals surface area (Å²) in [6, 6.07) is 13.2. The summed E-state index contributed by atoms with van der Waals surface area (Å²) in [6.07, 6.45) is -1.51. The molecule has 33 heavy (non-hydrogen) atoms. The van der Waals surface area contributed by atoms with E-state index >= 15 is 0 Å². The topological polar surface area (TPSA) is 91.2 Å². The van der Waals surface area contributed by atoms with Crippen LogP contribution in [0.4, 0.5) is 30.2 Å². The lowest BCUT2D eigenvalue weighted by molar-refractivity contribution is -0.137. The third-order valence-corrected chi connectivity index (χ3v) is 5.70. The fraction of sp³-hybridized carbons (Fsp3) is 0.292. The third-order valence-electron chi connectivity index (χ3n) is 5.70. The number of nitrogens with zero attached hydrogens (tertiary/aromatic N) is 1. The maximum absolute atomic E-state index is 12.7. The monoisotopic (exact) mass is 455 g/mol. The van der Waals surface area contributed by atoms with Crippen LogP contribution in [0, 0.1) is 11.3 Å². The van der Waals surface area contributed by atoms with Crippen LogP contribution in [0.1, 0.15) is 36.8 Å². The van der Waals surface area contributed by atoms with E-state index in [2.05, 4.69) is 16.7 Å². The van der Waals surface area contributed by atoms with Gasteiger partial charge in [0, 0.05) is 11.7 Å². The molecule has 3 aromatic rings. The molecule has 0 spiro atoms. The Hall–Kier alpha value is -3.80. The van der Waals surface area contributed by atoms with Crippen LogP contribution in [0.15, 0.2) is 58.1 Å². The Labute approximate surface area is 187 Å². The fourth-order valence-electron chi connectivity index (χ4n) is 3.87. The number of rotatable bonds is 6. The minimum Gasteiger partial charge on any atom is -0.490 e. The largest absolute Gasteiger partial charge is 0.490 e. The van der Waals surface area contributed by atoms with E-state index in [9.17, 15) is 22.8 Å². The molecule has 0 unspecified atom stereocenters. The number of benzene rings is 2. The van der Waals surface area contributed by atoms with Gasteiger partial charge in [0.15, 0.2) is 0 Å². The number of halogens is 3. The van der Waals surface area contributed by atoms with Crippen molar-refractivity contribution in [2.24, 2.45) is 0 Å². The Kier molecular flexibility index (Phi) is 6.09. The summed E-state index contributed by atoms with van der Waals surface area (Å²) in [5.74, 6) is 0.691. The van der Waals surface area contributed by atoms with E-state index in [4.69, 9.17) is 10.00 Å². The highest BCUT2D eigenvalue weighted by Crippen LogP contribution is 2.31. The van der Waals surface area contributed by atoms with Crippen molar-refractivity contribution in [2.45, 2.75) is 44.0 Å². The minimum absolute atomic E-state index is 0.00781. The molecule has 1 aliphatic rings. The molecule has 0 aromatic heterocycles. The highest BCUT2D eigenvalue weighted by molar-refractivity contribution is 5.79. The molecular weight excluding hydrogens is 435 g/mol. The van der Waals surface area contributed by atoms with Crippen molar-refractivity contribution < 1.29 is 17.9 Å². The molecule has 1 fully saturated rings. The Bertz CT molecular complexity index is 1230. The Balaban J connectivity index is 1.34. The van der Waals surface area contributed by atoms with Gasteiger partial charge >= 0.3 is 6.18 Å². The number of alkyl halides is 3. The molecule has 0 bridgehead atoms. The Morgan fingerprint density at radius 2 is 1.48 bits per heavy atom. The summed E-state index contributed by atoms with van der Waals surface area (Å²) in [7, 11) is 0. The van der Waals surface area contributed by atoms with Crippen LogP contribution in [0.3, 0.4) is 0 Å². The number of nitrogens with one attached hydrogen (secondary N) is 2. The van der Waals surface area contributed by atoms with E-state index in [0.29, 0.717) is 11.3 Å². The van der Waals surface area contributed by atoms with Crippen molar-refractivity contribution in [2.75, 3.05) is 10.6 Å². The van der Waals surface area contributed by atoms with Crippen molar-refractivity contribution in [1.29, 1.82) is 5.26 Å². The Morgan fingerprint density at radius 3 is 2.06 bits per heavy atom. The van der Waals surface area contributed by atoms with Gasteiger partial charge in [-0.05, 0) is 74.2 Å². The highest BCUT2D eigenvalue weighted by atomic mass is 19.4. The lowest BCUT2D eigenvalue weighted by atomic mass is 9.92. The quantitative estimate of drug-likeness (QED) is 0.523. The molecule has 3 aromatic carbocycles. The number of hydrogen-bond donors (Lipinski definition) is 2. The summed E-state index contributed by atoms with van der Waals surface area (Å²) >= 11 is 0. The van der Waals surface area contributed by atoms with Crippen LogP contribution in [0.2, 0.25) is 0 Å². The first-order chi connectivity index (χ1) is 15.7. The van der Waals surface area contributed by atoms with Gasteiger partial charge in [-0.15, -0.1) is 0 Å². The van der Waals surface area contributed by atoms with Gasteiger partial charge in [0.25, 0.3) is 10.9 Å². The fourth-order valence-corrected chi connectivity index (χ4v) is 3.87. The molecule has 170 valence electrons. The summed E-state index contributed by atoms with van der Waals surface area (Å²) in [4.78, 5) is 24.1. The van der Waals surface area contributed by atoms with Gasteiger partial charge in [-0.1, -0.05) is 0 Å². The zero-order valence-electron chi connectivity index (χ0n) is 17.4. The van der Waals surface area contributed by atoms with Crippen LogP contribution in [0.25, 0.3) is 0 Å². The molecule has 0 radical (unpaired) electrons. The van der Waals surface area contributed by atoms with Crippen molar-refractivity contribution in [3.63, 3.8) is 0 Å². The van der Waals surface area contributed by atoms with Gasteiger partial charge in [-0.25, -0.2) is 0 Å². The second kappa shape index (κ2) is 8.98. The van der Waals surface area contributed by atoms with E-state index in [-0.39, 0.29) is 29.2 Å². The molecule has 2 N–H and O–H groups in total. The van der Waals surface area contributed by atoms with E-state index < -0.39 is 22.6 Å². The second-order valence-corrected chi connectivity index (χ2v) is 7.98. The van der Waals surface area contributed by atoms with E-state index in [1.54, 1.807) is 24.3 Å². The molecule has 4 rings (SSSR count). The number of ether oxygens (including phenoxy) is 1. The molecule has 0 heterocycles. The minimum atomic E-state index is -4.45. The summed E-state index contributed by atoms with van der Waals surface area (Å²) in [5, 5.41) is 14.7. The first-order valence-electron chi connectivity index (χ1n) is 10.5. The first kappa shape index (κ1) is 22.4. The maximum Gasteiger partial charge on any atom is 0.416 e. The van der Waals surface area contributed by atoms with Gasteiger partial charge in [0.2, 0.25) is 0 Å². The summed E-state index contributed by atoms with van der Waals surface area (Å²) in [5.41, 5.74) is -1.05. The normalized spacial score (nSPS) is 18.5. The van der Waals surface area contributed by atoms with Gasteiger partial charge in [0.1, 0.15) is 17.1 Å². The number of anilines is 3. The lowest BCUT2D eigenvalue weighted by Gasteiger charge is -2.30. The van der Waals surface area contributed by atoms with Crippen LogP contribution < -0.4 is 26.2 Å². The van der Waals surface area contributed by atoms with E-state index in [0.717, 1.165) is 37.8 Å². The lowest BCUT2D eigenvalue weighted by Crippen LogP contribution is -2.40. The van der Waals surface area contributed by atoms with Crippen LogP contribution in [0.5, 0.6) is 5.75 Å². The average molecular weight is 455 g/mol. The smallest absolute Gasteiger partial charge is 0.416 e.